The second-order valence-electron chi connectivity index (χ2n) is 5.92. The minimum Gasteiger partial charge on any atom is -0.346 e. The van der Waals surface area contributed by atoms with Crippen molar-refractivity contribution in [3.8, 4) is 5.69 Å². The lowest BCUT2D eigenvalue weighted by molar-refractivity contribution is 0.0950. The van der Waals surface area contributed by atoms with E-state index in [4.69, 9.17) is 11.6 Å². The Morgan fingerprint density at radius 2 is 1.96 bits per heavy atom. The average molecular weight is 366 g/mol. The van der Waals surface area contributed by atoms with Crippen molar-refractivity contribution in [3.63, 3.8) is 0 Å². The third-order valence-corrected chi connectivity index (χ3v) is 4.37. The highest BCUT2D eigenvalue weighted by Crippen LogP contribution is 2.15. The number of para-hydroxylation sites is 1. The Labute approximate surface area is 155 Å². The van der Waals surface area contributed by atoms with Crippen molar-refractivity contribution in [3.05, 3.63) is 83.0 Å². The summed E-state index contributed by atoms with van der Waals surface area (Å²) in [7, 11) is 0. The van der Waals surface area contributed by atoms with Gasteiger partial charge in [0, 0.05) is 12.4 Å². The van der Waals surface area contributed by atoms with Gasteiger partial charge in [-0.15, -0.1) is 0 Å². The summed E-state index contributed by atoms with van der Waals surface area (Å²) in [5.41, 5.74) is 3.79. The Hall–Kier alpha value is -3.12. The molecule has 0 fully saturated rings. The normalized spacial score (nSPS) is 11.0. The van der Waals surface area contributed by atoms with Gasteiger partial charge < -0.3 is 9.72 Å². The summed E-state index contributed by atoms with van der Waals surface area (Å²) in [5.74, 6) is -0.181. The minimum atomic E-state index is -0.181. The van der Waals surface area contributed by atoms with E-state index in [0.29, 0.717) is 17.1 Å². The van der Waals surface area contributed by atoms with Gasteiger partial charge in [0.25, 0.3) is 5.91 Å². The SMILES string of the molecule is Cc1c(C(=O)NCc2cn3cc(Cl)ccc3n2)cnn1-c1ccccc1. The molecule has 1 N–H and O–H groups in total. The Morgan fingerprint density at radius 1 is 1.15 bits per heavy atom. The highest BCUT2D eigenvalue weighted by atomic mass is 35.5. The van der Waals surface area contributed by atoms with Crippen molar-refractivity contribution in [2.45, 2.75) is 13.5 Å². The van der Waals surface area contributed by atoms with Crippen LogP contribution in [0.1, 0.15) is 21.7 Å². The van der Waals surface area contributed by atoms with E-state index >= 15 is 0 Å². The highest BCUT2D eigenvalue weighted by molar-refractivity contribution is 6.30. The topological polar surface area (TPSA) is 64.2 Å². The largest absolute Gasteiger partial charge is 0.346 e. The second kappa shape index (κ2) is 6.65. The molecule has 0 atom stereocenters. The molecule has 0 unspecified atom stereocenters. The number of hydrogen-bond donors (Lipinski definition) is 1. The van der Waals surface area contributed by atoms with Crippen LogP contribution in [0.2, 0.25) is 5.02 Å². The molecular formula is C19H16ClN5O. The lowest BCUT2D eigenvalue weighted by Gasteiger charge is -2.05. The molecule has 0 saturated carbocycles. The lowest BCUT2D eigenvalue weighted by Crippen LogP contribution is -2.23. The molecule has 3 heterocycles. The number of rotatable bonds is 4. The fourth-order valence-corrected chi connectivity index (χ4v) is 3.00. The molecular weight excluding hydrogens is 350 g/mol. The predicted octanol–water partition coefficient (Wildman–Crippen LogP) is 3.41. The van der Waals surface area contributed by atoms with E-state index in [1.165, 1.54) is 0 Å². The number of carbonyl (C=O) groups is 1. The molecule has 3 aromatic heterocycles. The molecule has 0 spiro atoms. The first-order chi connectivity index (χ1) is 12.6. The van der Waals surface area contributed by atoms with Crippen LogP contribution < -0.4 is 5.32 Å². The number of nitrogens with zero attached hydrogens (tertiary/aromatic N) is 4. The van der Waals surface area contributed by atoms with Gasteiger partial charge in [0.2, 0.25) is 0 Å². The van der Waals surface area contributed by atoms with Crippen LogP contribution in [-0.4, -0.2) is 25.1 Å². The van der Waals surface area contributed by atoms with Crippen LogP contribution in [-0.2, 0) is 6.54 Å². The molecule has 4 rings (SSSR count). The van der Waals surface area contributed by atoms with Gasteiger partial charge in [-0.2, -0.15) is 5.10 Å². The number of carbonyl (C=O) groups excluding carboxylic acids is 1. The molecule has 0 bridgehead atoms. The quantitative estimate of drug-likeness (QED) is 0.602. The van der Waals surface area contributed by atoms with E-state index in [2.05, 4.69) is 15.4 Å². The number of amides is 1. The molecule has 0 aliphatic heterocycles. The van der Waals surface area contributed by atoms with Crippen LogP contribution in [0.15, 0.2) is 61.1 Å². The van der Waals surface area contributed by atoms with Gasteiger partial charge in [0.15, 0.2) is 0 Å². The van der Waals surface area contributed by atoms with Crippen LogP contribution in [0.4, 0.5) is 0 Å². The first-order valence-corrected chi connectivity index (χ1v) is 8.51. The zero-order valence-electron chi connectivity index (χ0n) is 14.1. The number of fused-ring (bicyclic) bond motifs is 1. The third-order valence-electron chi connectivity index (χ3n) is 4.15. The monoisotopic (exact) mass is 365 g/mol. The average Bonchev–Trinajstić information content (AvgIpc) is 3.23. The Kier molecular flexibility index (Phi) is 4.18. The highest BCUT2D eigenvalue weighted by Gasteiger charge is 2.15. The van der Waals surface area contributed by atoms with Gasteiger partial charge in [-0.05, 0) is 31.2 Å². The zero-order valence-corrected chi connectivity index (χ0v) is 14.8. The van der Waals surface area contributed by atoms with Crippen molar-refractivity contribution < 1.29 is 4.79 Å². The molecule has 0 radical (unpaired) electrons. The van der Waals surface area contributed by atoms with Gasteiger partial charge in [-0.1, -0.05) is 29.8 Å². The summed E-state index contributed by atoms with van der Waals surface area (Å²) < 4.78 is 3.59. The fourth-order valence-electron chi connectivity index (χ4n) is 2.83. The lowest BCUT2D eigenvalue weighted by atomic mass is 10.2. The molecule has 0 aliphatic carbocycles. The maximum Gasteiger partial charge on any atom is 0.255 e. The number of halogens is 1. The number of imidazole rings is 1. The summed E-state index contributed by atoms with van der Waals surface area (Å²) in [5, 5.41) is 7.86. The van der Waals surface area contributed by atoms with E-state index in [1.54, 1.807) is 23.1 Å². The summed E-state index contributed by atoms with van der Waals surface area (Å²) in [6.07, 6.45) is 5.21. The van der Waals surface area contributed by atoms with Gasteiger partial charge in [-0.25, -0.2) is 9.67 Å². The minimum absolute atomic E-state index is 0.181. The Morgan fingerprint density at radius 3 is 2.77 bits per heavy atom. The Bertz CT molecular complexity index is 1080. The second-order valence-corrected chi connectivity index (χ2v) is 6.36. The molecule has 1 amide bonds. The van der Waals surface area contributed by atoms with Crippen molar-refractivity contribution in [2.75, 3.05) is 0 Å². The number of hydrogen-bond acceptors (Lipinski definition) is 3. The molecule has 7 heteroatoms. The van der Waals surface area contributed by atoms with Crippen molar-refractivity contribution in [2.24, 2.45) is 0 Å². The van der Waals surface area contributed by atoms with Gasteiger partial charge in [0.1, 0.15) is 5.65 Å². The van der Waals surface area contributed by atoms with Crippen molar-refractivity contribution in [1.29, 1.82) is 0 Å². The summed E-state index contributed by atoms with van der Waals surface area (Å²) in [6, 6.07) is 13.3. The maximum atomic E-state index is 12.5. The zero-order chi connectivity index (χ0) is 18.1. The number of aromatic nitrogens is 4. The van der Waals surface area contributed by atoms with E-state index in [0.717, 1.165) is 22.7 Å². The standard InChI is InChI=1S/C19H16ClN5O/c1-13-17(10-22-25(13)16-5-3-2-4-6-16)19(26)21-9-15-12-24-11-14(20)7-8-18(24)23-15/h2-8,10-12H,9H2,1H3,(H,21,26). The Balaban J connectivity index is 1.50. The summed E-state index contributed by atoms with van der Waals surface area (Å²) in [6.45, 7) is 2.20. The van der Waals surface area contributed by atoms with Gasteiger partial charge in [0.05, 0.1) is 40.4 Å². The van der Waals surface area contributed by atoms with Crippen LogP contribution in [0.25, 0.3) is 11.3 Å². The number of benzene rings is 1. The molecule has 6 nitrogen and oxygen atoms in total. The molecule has 1 aromatic carbocycles. The number of nitrogens with one attached hydrogen (secondary N) is 1. The first-order valence-electron chi connectivity index (χ1n) is 8.13. The smallest absolute Gasteiger partial charge is 0.255 e. The molecule has 130 valence electrons. The van der Waals surface area contributed by atoms with E-state index < -0.39 is 0 Å². The number of pyridine rings is 1. The van der Waals surface area contributed by atoms with Gasteiger partial charge >= 0.3 is 0 Å². The molecule has 4 aromatic rings. The summed E-state index contributed by atoms with van der Waals surface area (Å²) in [4.78, 5) is 17.0. The van der Waals surface area contributed by atoms with Crippen LogP contribution >= 0.6 is 11.6 Å². The molecule has 26 heavy (non-hydrogen) atoms. The third kappa shape index (κ3) is 3.07. The molecule has 0 saturated heterocycles. The first kappa shape index (κ1) is 16.4. The maximum absolute atomic E-state index is 12.5. The van der Waals surface area contributed by atoms with Crippen molar-refractivity contribution in [1.82, 2.24) is 24.5 Å². The summed E-state index contributed by atoms with van der Waals surface area (Å²) >= 11 is 5.98. The van der Waals surface area contributed by atoms with Crippen LogP contribution in [0.5, 0.6) is 0 Å². The molecule has 0 aliphatic rings. The predicted molar refractivity (Wildman–Crippen MR) is 99.7 cm³/mol. The van der Waals surface area contributed by atoms with Crippen molar-refractivity contribution >= 4 is 23.2 Å². The van der Waals surface area contributed by atoms with E-state index in [1.807, 2.05) is 53.9 Å². The van der Waals surface area contributed by atoms with Crippen LogP contribution in [0.3, 0.4) is 0 Å². The van der Waals surface area contributed by atoms with Gasteiger partial charge in [-0.3, -0.25) is 4.79 Å². The van der Waals surface area contributed by atoms with E-state index in [9.17, 15) is 4.79 Å². The van der Waals surface area contributed by atoms with Crippen LogP contribution in [0, 0.1) is 6.92 Å². The van der Waals surface area contributed by atoms with E-state index in [-0.39, 0.29) is 5.91 Å². The fraction of sp³-hybridized carbons (Fsp3) is 0.105.